The van der Waals surface area contributed by atoms with E-state index in [1.54, 1.807) is 0 Å². The number of amides is 1. The minimum atomic E-state index is 0.0707. The van der Waals surface area contributed by atoms with Crippen LogP contribution in [-0.4, -0.2) is 28.4 Å². The molecule has 1 heterocycles. The number of hydrogen-bond donors (Lipinski definition) is 1. The van der Waals surface area contributed by atoms with Gasteiger partial charge in [-0.2, -0.15) is 0 Å². The van der Waals surface area contributed by atoms with E-state index in [-0.39, 0.29) is 5.91 Å². The minimum Gasteiger partial charge on any atom is -0.355 e. The van der Waals surface area contributed by atoms with Gasteiger partial charge >= 0.3 is 0 Å². The summed E-state index contributed by atoms with van der Waals surface area (Å²) in [5.41, 5.74) is 0. The maximum absolute atomic E-state index is 11.3. The Balaban J connectivity index is 2.16. The van der Waals surface area contributed by atoms with E-state index in [0.717, 1.165) is 28.7 Å². The summed E-state index contributed by atoms with van der Waals surface area (Å²) in [4.78, 5) is 11.3. The highest BCUT2D eigenvalue weighted by Crippen LogP contribution is 2.21. The van der Waals surface area contributed by atoms with E-state index in [4.69, 9.17) is 0 Å². The van der Waals surface area contributed by atoms with Crippen molar-refractivity contribution in [3.05, 3.63) is 5.01 Å². The van der Waals surface area contributed by atoms with Crippen molar-refractivity contribution in [1.29, 1.82) is 0 Å². The van der Waals surface area contributed by atoms with Crippen LogP contribution in [0.15, 0.2) is 4.34 Å². The van der Waals surface area contributed by atoms with Crippen molar-refractivity contribution in [1.82, 2.24) is 15.5 Å². The Bertz CT molecular complexity index is 314. The molecule has 6 heteroatoms. The largest absolute Gasteiger partial charge is 0.355 e. The van der Waals surface area contributed by atoms with Crippen molar-refractivity contribution in [2.75, 3.05) is 12.3 Å². The van der Waals surface area contributed by atoms with E-state index >= 15 is 0 Å². The fourth-order valence-electron chi connectivity index (χ4n) is 0.920. The van der Waals surface area contributed by atoms with Gasteiger partial charge in [-0.15, -0.1) is 10.2 Å². The van der Waals surface area contributed by atoms with Gasteiger partial charge in [0.05, 0.1) is 5.75 Å². The minimum absolute atomic E-state index is 0.0707. The molecule has 0 radical (unpaired) electrons. The molecule has 0 unspecified atom stereocenters. The number of carbonyl (C=O) groups is 1. The number of rotatable bonds is 6. The summed E-state index contributed by atoms with van der Waals surface area (Å²) in [5, 5.41) is 11.6. The van der Waals surface area contributed by atoms with Gasteiger partial charge in [0.2, 0.25) is 5.91 Å². The maximum Gasteiger partial charge on any atom is 0.230 e. The Morgan fingerprint density at radius 1 is 1.53 bits per heavy atom. The van der Waals surface area contributed by atoms with E-state index in [9.17, 15) is 4.79 Å². The lowest BCUT2D eigenvalue weighted by atomic mass is 10.3. The van der Waals surface area contributed by atoms with Crippen LogP contribution in [-0.2, 0) is 4.79 Å². The van der Waals surface area contributed by atoms with Crippen LogP contribution in [0.5, 0.6) is 0 Å². The topological polar surface area (TPSA) is 54.9 Å². The molecule has 0 bridgehead atoms. The highest BCUT2D eigenvalue weighted by atomic mass is 32.2. The zero-order valence-corrected chi connectivity index (χ0v) is 10.6. The van der Waals surface area contributed by atoms with Crippen LogP contribution in [0, 0.1) is 6.92 Å². The first-order valence-electron chi connectivity index (χ1n) is 4.92. The van der Waals surface area contributed by atoms with Crippen molar-refractivity contribution in [2.45, 2.75) is 31.0 Å². The van der Waals surface area contributed by atoms with Crippen LogP contribution >= 0.6 is 23.1 Å². The molecule has 84 valence electrons. The van der Waals surface area contributed by atoms with E-state index in [1.165, 1.54) is 23.1 Å². The number of carbonyl (C=O) groups excluding carboxylic acids is 1. The number of aromatic nitrogens is 2. The smallest absolute Gasteiger partial charge is 0.230 e. The molecule has 0 aliphatic heterocycles. The second-order valence-electron chi connectivity index (χ2n) is 3.08. The zero-order chi connectivity index (χ0) is 11.1. The molecule has 1 aromatic rings. The molecule has 4 nitrogen and oxygen atoms in total. The molecule has 0 saturated carbocycles. The zero-order valence-electron chi connectivity index (χ0n) is 8.95. The maximum atomic E-state index is 11.3. The molecular weight excluding hydrogens is 230 g/mol. The van der Waals surface area contributed by atoms with Crippen molar-refractivity contribution in [2.24, 2.45) is 0 Å². The Morgan fingerprint density at radius 2 is 2.33 bits per heavy atom. The summed E-state index contributed by atoms with van der Waals surface area (Å²) in [5.74, 6) is 0.500. The highest BCUT2D eigenvalue weighted by Gasteiger charge is 2.05. The first-order chi connectivity index (χ1) is 7.22. The molecule has 1 N–H and O–H groups in total. The molecule has 0 aliphatic rings. The predicted octanol–water partition coefficient (Wildman–Crippen LogP) is 1.85. The van der Waals surface area contributed by atoms with Crippen LogP contribution in [0.25, 0.3) is 0 Å². The molecule has 0 aliphatic carbocycles. The fraction of sp³-hybridized carbons (Fsp3) is 0.667. The number of nitrogens with one attached hydrogen (secondary N) is 1. The van der Waals surface area contributed by atoms with Gasteiger partial charge in [0.1, 0.15) is 5.01 Å². The van der Waals surface area contributed by atoms with Crippen LogP contribution in [0.4, 0.5) is 0 Å². The molecular formula is C9H15N3OS2. The van der Waals surface area contributed by atoms with Gasteiger partial charge in [0.25, 0.3) is 0 Å². The van der Waals surface area contributed by atoms with Gasteiger partial charge in [0.15, 0.2) is 4.34 Å². The first kappa shape index (κ1) is 12.4. The average molecular weight is 245 g/mol. The van der Waals surface area contributed by atoms with E-state index in [1.807, 2.05) is 6.92 Å². The SMILES string of the molecule is CCCCNC(=O)CSc1nnc(C)s1. The Hall–Kier alpha value is -0.620. The van der Waals surface area contributed by atoms with Crippen molar-refractivity contribution in [3.8, 4) is 0 Å². The summed E-state index contributed by atoms with van der Waals surface area (Å²) in [6, 6.07) is 0. The molecule has 0 aromatic carbocycles. The molecule has 1 amide bonds. The second-order valence-corrected chi connectivity index (χ2v) is 5.48. The number of nitrogens with zero attached hydrogens (tertiary/aromatic N) is 2. The van der Waals surface area contributed by atoms with Gasteiger partial charge in [-0.25, -0.2) is 0 Å². The lowest BCUT2D eigenvalue weighted by Gasteiger charge is -2.01. The van der Waals surface area contributed by atoms with Crippen molar-refractivity contribution in [3.63, 3.8) is 0 Å². The summed E-state index contributed by atoms with van der Waals surface area (Å²) >= 11 is 2.96. The van der Waals surface area contributed by atoms with Gasteiger partial charge < -0.3 is 5.32 Å². The number of unbranched alkanes of at least 4 members (excludes halogenated alkanes) is 1. The normalized spacial score (nSPS) is 10.3. The molecule has 1 rings (SSSR count). The second kappa shape index (κ2) is 6.79. The number of thioether (sulfide) groups is 1. The highest BCUT2D eigenvalue weighted by molar-refractivity contribution is 8.01. The van der Waals surface area contributed by atoms with Gasteiger partial charge in [-0.3, -0.25) is 4.79 Å². The van der Waals surface area contributed by atoms with E-state index < -0.39 is 0 Å². The Labute approximate surface area is 97.9 Å². The van der Waals surface area contributed by atoms with Crippen molar-refractivity contribution < 1.29 is 4.79 Å². The van der Waals surface area contributed by atoms with Crippen LogP contribution in [0.3, 0.4) is 0 Å². The van der Waals surface area contributed by atoms with Crippen molar-refractivity contribution >= 4 is 29.0 Å². The summed E-state index contributed by atoms with van der Waals surface area (Å²) < 4.78 is 0.859. The lowest BCUT2D eigenvalue weighted by Crippen LogP contribution is -2.25. The molecule has 1 aromatic heterocycles. The van der Waals surface area contributed by atoms with Crippen LogP contribution < -0.4 is 5.32 Å². The van der Waals surface area contributed by atoms with Gasteiger partial charge in [0, 0.05) is 6.54 Å². The van der Waals surface area contributed by atoms with E-state index in [0.29, 0.717) is 5.75 Å². The van der Waals surface area contributed by atoms with E-state index in [2.05, 4.69) is 22.4 Å². The third-order valence-electron chi connectivity index (χ3n) is 1.69. The molecule has 0 saturated heterocycles. The van der Waals surface area contributed by atoms with Crippen LogP contribution in [0.1, 0.15) is 24.8 Å². The lowest BCUT2D eigenvalue weighted by molar-refractivity contribution is -0.118. The molecule has 15 heavy (non-hydrogen) atoms. The number of aryl methyl sites for hydroxylation is 1. The third kappa shape index (κ3) is 5.13. The van der Waals surface area contributed by atoms with Gasteiger partial charge in [-0.1, -0.05) is 36.4 Å². The Morgan fingerprint density at radius 3 is 2.93 bits per heavy atom. The molecule has 0 fully saturated rings. The van der Waals surface area contributed by atoms with Crippen LogP contribution in [0.2, 0.25) is 0 Å². The van der Waals surface area contributed by atoms with Gasteiger partial charge in [-0.05, 0) is 13.3 Å². The third-order valence-corrected chi connectivity index (χ3v) is 3.66. The summed E-state index contributed by atoms with van der Waals surface area (Å²) in [6.45, 7) is 4.78. The standard InChI is InChI=1S/C9H15N3OS2/c1-3-4-5-10-8(13)6-14-9-12-11-7(2)15-9/h3-6H2,1-2H3,(H,10,13). The first-order valence-corrected chi connectivity index (χ1v) is 6.72. The summed E-state index contributed by atoms with van der Waals surface area (Å²) in [6.07, 6.45) is 2.14. The molecule has 0 atom stereocenters. The number of hydrogen-bond acceptors (Lipinski definition) is 5. The Kier molecular flexibility index (Phi) is 5.63. The fourth-order valence-corrected chi connectivity index (χ4v) is 2.57. The average Bonchev–Trinajstić information content (AvgIpc) is 2.62. The predicted molar refractivity (Wildman–Crippen MR) is 63.3 cm³/mol. The monoisotopic (exact) mass is 245 g/mol. The summed E-state index contributed by atoms with van der Waals surface area (Å²) in [7, 11) is 0. The molecule has 0 spiro atoms. The quantitative estimate of drug-likeness (QED) is 0.614.